The molecule has 1 saturated heterocycles. The van der Waals surface area contributed by atoms with Crippen molar-refractivity contribution in [1.29, 1.82) is 0 Å². The van der Waals surface area contributed by atoms with Crippen LogP contribution < -0.4 is 5.32 Å². The Bertz CT molecular complexity index is 180. The summed E-state index contributed by atoms with van der Waals surface area (Å²) in [5.74, 6) is -0.164. The van der Waals surface area contributed by atoms with Crippen molar-refractivity contribution >= 4 is 5.97 Å². The third kappa shape index (κ3) is 5.11. The van der Waals surface area contributed by atoms with E-state index < -0.39 is 0 Å². The first-order chi connectivity index (χ1) is 7.34. The summed E-state index contributed by atoms with van der Waals surface area (Å²) in [5, 5.41) is 3.08. The van der Waals surface area contributed by atoms with Gasteiger partial charge in [0.2, 0.25) is 0 Å². The van der Waals surface area contributed by atoms with Gasteiger partial charge >= 0.3 is 5.97 Å². The van der Waals surface area contributed by atoms with E-state index in [1.807, 2.05) is 0 Å². The summed E-state index contributed by atoms with van der Waals surface area (Å²) in [4.78, 5) is 11.4. The Morgan fingerprint density at radius 2 is 2.13 bits per heavy atom. The molecular formula is C10H19NO4. The molecule has 1 heterocycles. The molecule has 15 heavy (non-hydrogen) atoms. The number of rotatable bonds is 7. The molecule has 0 aromatic heterocycles. The second kappa shape index (κ2) is 7.62. The van der Waals surface area contributed by atoms with Crippen LogP contribution in [0.3, 0.4) is 0 Å². The molecule has 0 amide bonds. The number of carbonyl (C=O) groups is 1. The van der Waals surface area contributed by atoms with E-state index in [4.69, 9.17) is 14.2 Å². The molecule has 0 unspecified atom stereocenters. The standard InChI is InChI=1S/C10H19NO4/c1-13-5-6-14-7-8-15-10(12)9-3-2-4-11-9/h9,11H,2-8H2,1H3/t9-/m1/s1. The fraction of sp³-hybridized carbons (Fsp3) is 0.900. The molecule has 1 N–H and O–H groups in total. The van der Waals surface area contributed by atoms with Crippen molar-refractivity contribution in [3.8, 4) is 0 Å². The van der Waals surface area contributed by atoms with Crippen LogP contribution in [0.4, 0.5) is 0 Å². The topological polar surface area (TPSA) is 56.8 Å². The predicted octanol–water partition coefficient (Wildman–Crippen LogP) is -0.0554. The summed E-state index contributed by atoms with van der Waals surface area (Å²) in [6.07, 6.45) is 1.92. The zero-order chi connectivity index (χ0) is 10.9. The van der Waals surface area contributed by atoms with Crippen LogP contribution in [0.1, 0.15) is 12.8 Å². The first-order valence-corrected chi connectivity index (χ1v) is 5.31. The first-order valence-electron chi connectivity index (χ1n) is 5.31. The van der Waals surface area contributed by atoms with Gasteiger partial charge < -0.3 is 19.5 Å². The highest BCUT2D eigenvalue weighted by atomic mass is 16.6. The second-order valence-electron chi connectivity index (χ2n) is 3.42. The van der Waals surface area contributed by atoms with Crippen LogP contribution in [0.5, 0.6) is 0 Å². The molecule has 0 aliphatic carbocycles. The SMILES string of the molecule is COCCOCCOC(=O)[C@H]1CCCN1. The molecule has 0 aromatic carbocycles. The van der Waals surface area contributed by atoms with Crippen LogP contribution in [0.25, 0.3) is 0 Å². The largest absolute Gasteiger partial charge is 0.462 e. The maximum Gasteiger partial charge on any atom is 0.323 e. The summed E-state index contributed by atoms with van der Waals surface area (Å²) >= 11 is 0. The molecule has 0 saturated carbocycles. The van der Waals surface area contributed by atoms with E-state index in [-0.39, 0.29) is 12.0 Å². The maximum absolute atomic E-state index is 11.4. The fourth-order valence-electron chi connectivity index (χ4n) is 1.43. The van der Waals surface area contributed by atoms with E-state index in [1.54, 1.807) is 7.11 Å². The molecule has 1 rings (SSSR count). The van der Waals surface area contributed by atoms with Gasteiger partial charge in [-0.1, -0.05) is 0 Å². The maximum atomic E-state index is 11.4. The molecular weight excluding hydrogens is 198 g/mol. The van der Waals surface area contributed by atoms with Gasteiger partial charge in [0.25, 0.3) is 0 Å². The highest BCUT2D eigenvalue weighted by molar-refractivity contribution is 5.76. The van der Waals surface area contributed by atoms with E-state index in [0.717, 1.165) is 19.4 Å². The summed E-state index contributed by atoms with van der Waals surface area (Å²) in [7, 11) is 1.62. The second-order valence-corrected chi connectivity index (χ2v) is 3.42. The summed E-state index contributed by atoms with van der Waals surface area (Å²) < 4.78 is 15.0. The molecule has 1 atom stereocenters. The lowest BCUT2D eigenvalue weighted by molar-refractivity contribution is -0.147. The van der Waals surface area contributed by atoms with E-state index >= 15 is 0 Å². The molecule has 5 nitrogen and oxygen atoms in total. The van der Waals surface area contributed by atoms with Gasteiger partial charge in [0.15, 0.2) is 0 Å². The van der Waals surface area contributed by atoms with E-state index in [2.05, 4.69) is 5.32 Å². The van der Waals surface area contributed by atoms with Crippen LogP contribution in [0.15, 0.2) is 0 Å². The molecule has 0 bridgehead atoms. The number of hydrogen-bond acceptors (Lipinski definition) is 5. The zero-order valence-electron chi connectivity index (χ0n) is 9.16. The van der Waals surface area contributed by atoms with Crippen molar-refractivity contribution in [3.63, 3.8) is 0 Å². The Labute approximate surface area is 90.1 Å². The third-order valence-corrected chi connectivity index (χ3v) is 2.25. The van der Waals surface area contributed by atoms with Crippen LogP contribution in [-0.4, -0.2) is 52.1 Å². The number of esters is 1. The minimum absolute atomic E-state index is 0.107. The average Bonchev–Trinajstić information content (AvgIpc) is 2.76. The Balaban J connectivity index is 1.92. The molecule has 1 aliphatic heterocycles. The lowest BCUT2D eigenvalue weighted by Crippen LogP contribution is -2.33. The van der Waals surface area contributed by atoms with Crippen LogP contribution >= 0.6 is 0 Å². The van der Waals surface area contributed by atoms with Crippen LogP contribution in [0.2, 0.25) is 0 Å². The minimum atomic E-state index is -0.164. The van der Waals surface area contributed by atoms with Crippen molar-refractivity contribution in [2.24, 2.45) is 0 Å². The van der Waals surface area contributed by atoms with Crippen molar-refractivity contribution in [2.75, 3.05) is 40.1 Å². The lowest BCUT2D eigenvalue weighted by Gasteiger charge is -2.10. The van der Waals surface area contributed by atoms with Gasteiger partial charge in [-0.25, -0.2) is 0 Å². The van der Waals surface area contributed by atoms with Crippen molar-refractivity contribution in [3.05, 3.63) is 0 Å². The highest BCUT2D eigenvalue weighted by Crippen LogP contribution is 2.06. The Kier molecular flexibility index (Phi) is 6.31. The first kappa shape index (κ1) is 12.4. The van der Waals surface area contributed by atoms with Crippen molar-refractivity contribution in [1.82, 2.24) is 5.32 Å². The van der Waals surface area contributed by atoms with Gasteiger partial charge in [0.05, 0.1) is 19.8 Å². The van der Waals surface area contributed by atoms with Gasteiger partial charge in [0, 0.05) is 7.11 Å². The number of nitrogens with one attached hydrogen (secondary N) is 1. The number of methoxy groups -OCH3 is 1. The van der Waals surface area contributed by atoms with E-state index in [9.17, 15) is 4.79 Å². The summed E-state index contributed by atoms with van der Waals surface area (Å²) in [6.45, 7) is 2.76. The lowest BCUT2D eigenvalue weighted by atomic mass is 10.2. The van der Waals surface area contributed by atoms with E-state index in [0.29, 0.717) is 26.4 Å². The van der Waals surface area contributed by atoms with Crippen LogP contribution in [-0.2, 0) is 19.0 Å². The normalized spacial score (nSPS) is 20.5. The van der Waals surface area contributed by atoms with Gasteiger partial charge in [0.1, 0.15) is 12.6 Å². The Morgan fingerprint density at radius 1 is 1.33 bits per heavy atom. The smallest absolute Gasteiger partial charge is 0.323 e. The van der Waals surface area contributed by atoms with E-state index in [1.165, 1.54) is 0 Å². The average molecular weight is 217 g/mol. The highest BCUT2D eigenvalue weighted by Gasteiger charge is 2.22. The monoisotopic (exact) mass is 217 g/mol. The number of ether oxygens (including phenoxy) is 3. The Morgan fingerprint density at radius 3 is 2.80 bits per heavy atom. The molecule has 1 aliphatic rings. The molecule has 0 radical (unpaired) electrons. The van der Waals surface area contributed by atoms with Crippen LogP contribution in [0, 0.1) is 0 Å². The van der Waals surface area contributed by atoms with Gasteiger partial charge in [-0.3, -0.25) is 4.79 Å². The predicted molar refractivity (Wildman–Crippen MR) is 54.7 cm³/mol. The minimum Gasteiger partial charge on any atom is -0.462 e. The molecule has 0 spiro atoms. The zero-order valence-corrected chi connectivity index (χ0v) is 9.16. The molecule has 0 aromatic rings. The van der Waals surface area contributed by atoms with Gasteiger partial charge in [-0.05, 0) is 19.4 Å². The Hall–Kier alpha value is -0.650. The summed E-state index contributed by atoms with van der Waals surface area (Å²) in [6, 6.07) is -0.107. The van der Waals surface area contributed by atoms with Gasteiger partial charge in [-0.15, -0.1) is 0 Å². The van der Waals surface area contributed by atoms with Crippen molar-refractivity contribution < 1.29 is 19.0 Å². The summed E-state index contributed by atoms with van der Waals surface area (Å²) in [5.41, 5.74) is 0. The number of carbonyl (C=O) groups excluding carboxylic acids is 1. The fourth-order valence-corrected chi connectivity index (χ4v) is 1.43. The van der Waals surface area contributed by atoms with Crippen molar-refractivity contribution in [2.45, 2.75) is 18.9 Å². The molecule has 5 heteroatoms. The quantitative estimate of drug-likeness (QED) is 0.478. The molecule has 88 valence electrons. The molecule has 1 fully saturated rings. The number of hydrogen-bond donors (Lipinski definition) is 1. The third-order valence-electron chi connectivity index (χ3n) is 2.25. The van der Waals surface area contributed by atoms with Gasteiger partial charge in [-0.2, -0.15) is 0 Å².